The van der Waals surface area contributed by atoms with E-state index in [0.717, 1.165) is 21.5 Å². The Hall–Kier alpha value is -2.45. The van der Waals surface area contributed by atoms with Gasteiger partial charge in [-0.05, 0) is 55.3 Å². The topological polar surface area (TPSA) is 50.4 Å². The van der Waals surface area contributed by atoms with E-state index in [2.05, 4.69) is 38.4 Å². The molecule has 2 aromatic carbocycles. The highest BCUT2D eigenvalue weighted by molar-refractivity contribution is 9.10. The highest BCUT2D eigenvalue weighted by atomic mass is 79.9. The summed E-state index contributed by atoms with van der Waals surface area (Å²) >= 11 is 3.38. The molecule has 0 saturated heterocycles. The monoisotopic (exact) mass is 386 g/mol. The maximum Gasteiger partial charge on any atom is 0.319 e. The van der Waals surface area contributed by atoms with Crippen LogP contribution in [0.15, 0.2) is 46.9 Å². The molecule has 0 heterocycles. The van der Waals surface area contributed by atoms with Crippen molar-refractivity contribution in [3.8, 4) is 17.6 Å². The molecule has 24 heavy (non-hydrogen) atoms. The van der Waals surface area contributed by atoms with Gasteiger partial charge in [-0.25, -0.2) is 4.79 Å². The van der Waals surface area contributed by atoms with Gasteiger partial charge in [-0.15, -0.1) is 0 Å². The molecule has 0 atom stereocenters. The number of halogens is 1. The molecule has 2 amide bonds. The molecular weight excluding hydrogens is 368 g/mol. The number of ether oxygens (including phenoxy) is 1. The zero-order valence-electron chi connectivity index (χ0n) is 13.7. The number of rotatable bonds is 4. The number of hydrogen-bond donors (Lipinski definition) is 2. The van der Waals surface area contributed by atoms with Gasteiger partial charge in [0.15, 0.2) is 0 Å². The van der Waals surface area contributed by atoms with Gasteiger partial charge in [0.2, 0.25) is 0 Å². The van der Waals surface area contributed by atoms with Gasteiger partial charge in [0, 0.05) is 10.2 Å². The van der Waals surface area contributed by atoms with Crippen LogP contribution >= 0.6 is 15.9 Å². The summed E-state index contributed by atoms with van der Waals surface area (Å²) in [6, 6.07) is 13.1. The van der Waals surface area contributed by atoms with E-state index in [1.807, 2.05) is 56.3 Å². The second-order valence-corrected chi connectivity index (χ2v) is 6.12. The molecule has 0 radical (unpaired) electrons. The Balaban J connectivity index is 1.70. The molecule has 0 unspecified atom stereocenters. The number of nitrogens with one attached hydrogen (secondary N) is 2. The SMILES string of the molecule is Cc1ccc(NC(=O)NCC#CCOc2cccc(Br)c2)cc1C. The molecule has 0 aliphatic rings. The van der Waals surface area contributed by atoms with E-state index >= 15 is 0 Å². The smallest absolute Gasteiger partial charge is 0.319 e. The summed E-state index contributed by atoms with van der Waals surface area (Å²) in [5.41, 5.74) is 3.09. The highest BCUT2D eigenvalue weighted by Gasteiger charge is 2.01. The van der Waals surface area contributed by atoms with E-state index in [1.165, 1.54) is 5.56 Å². The number of amides is 2. The Kier molecular flexibility index (Phi) is 6.71. The lowest BCUT2D eigenvalue weighted by molar-refractivity contribution is 0.253. The van der Waals surface area contributed by atoms with E-state index in [4.69, 9.17) is 4.74 Å². The molecule has 0 aliphatic carbocycles. The maximum atomic E-state index is 11.8. The summed E-state index contributed by atoms with van der Waals surface area (Å²) in [5.74, 6) is 6.46. The van der Waals surface area contributed by atoms with Crippen LogP contribution in [0.4, 0.5) is 10.5 Å². The van der Waals surface area contributed by atoms with Gasteiger partial charge in [-0.3, -0.25) is 0 Å². The van der Waals surface area contributed by atoms with Gasteiger partial charge >= 0.3 is 6.03 Å². The zero-order chi connectivity index (χ0) is 17.4. The zero-order valence-corrected chi connectivity index (χ0v) is 15.2. The average Bonchev–Trinajstić information content (AvgIpc) is 2.54. The summed E-state index contributed by atoms with van der Waals surface area (Å²) < 4.78 is 6.44. The third-order valence-corrected chi connectivity index (χ3v) is 3.83. The minimum atomic E-state index is -0.277. The van der Waals surface area contributed by atoms with Crippen LogP contribution in [0.1, 0.15) is 11.1 Å². The number of anilines is 1. The molecule has 0 bridgehead atoms. The van der Waals surface area contributed by atoms with E-state index in [9.17, 15) is 4.79 Å². The van der Waals surface area contributed by atoms with Crippen molar-refractivity contribution in [3.05, 3.63) is 58.1 Å². The van der Waals surface area contributed by atoms with Crippen molar-refractivity contribution < 1.29 is 9.53 Å². The lowest BCUT2D eigenvalue weighted by atomic mass is 10.1. The molecule has 4 nitrogen and oxygen atoms in total. The average molecular weight is 387 g/mol. The Labute approximate surface area is 150 Å². The first-order valence-electron chi connectivity index (χ1n) is 7.51. The van der Waals surface area contributed by atoms with Crippen LogP contribution in [0.2, 0.25) is 0 Å². The summed E-state index contributed by atoms with van der Waals surface area (Å²) in [6.07, 6.45) is 0. The number of carbonyl (C=O) groups excluding carboxylic acids is 1. The lowest BCUT2D eigenvalue weighted by Gasteiger charge is -2.07. The molecule has 5 heteroatoms. The van der Waals surface area contributed by atoms with Crippen LogP contribution in [-0.4, -0.2) is 19.2 Å². The molecule has 2 N–H and O–H groups in total. The lowest BCUT2D eigenvalue weighted by Crippen LogP contribution is -2.29. The minimum absolute atomic E-state index is 0.262. The van der Waals surface area contributed by atoms with Crippen molar-refractivity contribution in [2.45, 2.75) is 13.8 Å². The van der Waals surface area contributed by atoms with Crippen molar-refractivity contribution in [3.63, 3.8) is 0 Å². The Bertz CT molecular complexity index is 778. The van der Waals surface area contributed by atoms with Crippen molar-refractivity contribution in [1.29, 1.82) is 0 Å². The predicted molar refractivity (Wildman–Crippen MR) is 100 cm³/mol. The molecule has 0 aromatic heterocycles. The van der Waals surface area contributed by atoms with Crippen molar-refractivity contribution in [1.82, 2.24) is 5.32 Å². The highest BCUT2D eigenvalue weighted by Crippen LogP contribution is 2.17. The van der Waals surface area contributed by atoms with Crippen molar-refractivity contribution in [2.75, 3.05) is 18.5 Å². The van der Waals surface area contributed by atoms with Crippen LogP contribution in [0.25, 0.3) is 0 Å². The Morgan fingerprint density at radius 3 is 2.71 bits per heavy atom. The Morgan fingerprint density at radius 2 is 1.96 bits per heavy atom. The number of hydrogen-bond acceptors (Lipinski definition) is 2. The van der Waals surface area contributed by atoms with Gasteiger partial charge in [-0.2, -0.15) is 0 Å². The van der Waals surface area contributed by atoms with Crippen LogP contribution < -0.4 is 15.4 Å². The van der Waals surface area contributed by atoms with E-state index in [-0.39, 0.29) is 19.2 Å². The third kappa shape index (κ3) is 5.98. The first-order chi connectivity index (χ1) is 11.5. The largest absolute Gasteiger partial charge is 0.481 e. The number of benzene rings is 2. The van der Waals surface area contributed by atoms with E-state index < -0.39 is 0 Å². The number of carbonyl (C=O) groups is 1. The predicted octanol–water partition coefficient (Wildman–Crippen LogP) is 4.27. The molecule has 0 saturated carbocycles. The van der Waals surface area contributed by atoms with Gasteiger partial charge < -0.3 is 15.4 Å². The van der Waals surface area contributed by atoms with Gasteiger partial charge in [0.25, 0.3) is 0 Å². The minimum Gasteiger partial charge on any atom is -0.481 e. The Morgan fingerprint density at radius 1 is 1.12 bits per heavy atom. The molecule has 0 aliphatic heterocycles. The summed E-state index contributed by atoms with van der Waals surface area (Å²) in [6.45, 7) is 4.58. The first kappa shape index (κ1) is 17.9. The quantitative estimate of drug-likeness (QED) is 0.770. The fourth-order valence-corrected chi connectivity index (χ4v) is 2.29. The van der Waals surface area contributed by atoms with Crippen LogP contribution in [-0.2, 0) is 0 Å². The summed E-state index contributed by atoms with van der Waals surface area (Å²) in [4.78, 5) is 11.8. The van der Waals surface area contributed by atoms with E-state index in [0.29, 0.717) is 0 Å². The fourth-order valence-electron chi connectivity index (χ4n) is 1.91. The normalized spacial score (nSPS) is 9.62. The van der Waals surface area contributed by atoms with Crippen LogP contribution in [0.3, 0.4) is 0 Å². The van der Waals surface area contributed by atoms with Gasteiger partial charge in [0.1, 0.15) is 12.4 Å². The van der Waals surface area contributed by atoms with E-state index in [1.54, 1.807) is 0 Å². The molecular formula is C19H19BrN2O2. The summed E-state index contributed by atoms with van der Waals surface area (Å²) in [5, 5.41) is 5.46. The van der Waals surface area contributed by atoms with Gasteiger partial charge in [0.05, 0.1) is 6.54 Å². The standard InChI is InChI=1S/C19H19BrN2O2/c1-14-8-9-17(12-15(14)2)22-19(23)21-10-3-4-11-24-18-7-5-6-16(20)13-18/h5-9,12-13H,10-11H2,1-2H3,(H2,21,22,23). The first-order valence-corrected chi connectivity index (χ1v) is 8.30. The van der Waals surface area contributed by atoms with Crippen LogP contribution in [0.5, 0.6) is 5.75 Å². The number of aryl methyl sites for hydroxylation is 2. The van der Waals surface area contributed by atoms with Crippen LogP contribution in [0, 0.1) is 25.7 Å². The second-order valence-electron chi connectivity index (χ2n) is 5.21. The molecule has 0 fully saturated rings. The molecule has 2 rings (SSSR count). The van der Waals surface area contributed by atoms with Gasteiger partial charge in [-0.1, -0.05) is 39.9 Å². The fraction of sp³-hybridized carbons (Fsp3) is 0.211. The third-order valence-electron chi connectivity index (χ3n) is 3.33. The number of urea groups is 1. The molecule has 2 aromatic rings. The molecule has 0 spiro atoms. The summed E-state index contributed by atoms with van der Waals surface area (Å²) in [7, 11) is 0. The van der Waals surface area contributed by atoms with Crippen molar-refractivity contribution in [2.24, 2.45) is 0 Å². The second kappa shape index (κ2) is 8.99. The van der Waals surface area contributed by atoms with Crippen molar-refractivity contribution >= 4 is 27.6 Å². The molecule has 124 valence electrons. The maximum absolute atomic E-state index is 11.8.